The minimum absolute atomic E-state index is 0. The van der Waals surface area contributed by atoms with E-state index in [0.29, 0.717) is 6.61 Å². The van der Waals surface area contributed by atoms with Crippen LogP contribution in [0.5, 0.6) is 0 Å². The van der Waals surface area contributed by atoms with Crippen molar-refractivity contribution in [3.63, 3.8) is 0 Å². The summed E-state index contributed by atoms with van der Waals surface area (Å²) in [5, 5.41) is 8.50. The molecule has 1 heterocycles. The van der Waals surface area contributed by atoms with Crippen molar-refractivity contribution in [1.29, 1.82) is 0 Å². The largest absolute Gasteiger partial charge is 0.396 e. The van der Waals surface area contributed by atoms with Gasteiger partial charge in [0.05, 0.1) is 0 Å². The molecule has 0 aromatic heterocycles. The Bertz CT molecular complexity index is 123. The summed E-state index contributed by atoms with van der Waals surface area (Å²) in [5.41, 5.74) is 0. The summed E-state index contributed by atoms with van der Waals surface area (Å²) in [7, 11) is 0. The van der Waals surface area contributed by atoms with Crippen LogP contribution in [0.15, 0.2) is 0 Å². The monoisotopic (exact) mass is 303 g/mol. The van der Waals surface area contributed by atoms with Gasteiger partial charge in [-0.25, -0.2) is 0 Å². The van der Waals surface area contributed by atoms with Crippen LogP contribution in [0.25, 0.3) is 0 Å². The average Bonchev–Trinajstić information content (AvgIpc) is 2.79. The van der Waals surface area contributed by atoms with Gasteiger partial charge in [0, 0.05) is 45.9 Å². The van der Waals surface area contributed by atoms with Crippen molar-refractivity contribution >= 4 is 0 Å². The van der Waals surface area contributed by atoms with Gasteiger partial charge in [0.1, 0.15) is 0 Å². The van der Waals surface area contributed by atoms with Gasteiger partial charge in [0.2, 0.25) is 0 Å². The van der Waals surface area contributed by atoms with E-state index in [1.54, 1.807) is 0 Å². The molecule has 2 nitrogen and oxygen atoms in total. The Balaban J connectivity index is 0. The predicted octanol–water partition coefficient (Wildman–Crippen LogP) is 2.72. The zero-order chi connectivity index (χ0) is 11.5. The van der Waals surface area contributed by atoms with Crippen molar-refractivity contribution in [3.05, 3.63) is 6.92 Å². The van der Waals surface area contributed by atoms with E-state index in [0.717, 1.165) is 25.3 Å². The van der Waals surface area contributed by atoms with Crippen LogP contribution in [0.3, 0.4) is 0 Å². The second kappa shape index (κ2) is 14.1. The van der Waals surface area contributed by atoms with E-state index < -0.39 is 0 Å². The van der Waals surface area contributed by atoms with Gasteiger partial charge in [-0.05, 0) is 32.4 Å². The third-order valence-corrected chi connectivity index (χ3v) is 3.02. The van der Waals surface area contributed by atoms with E-state index in [1.807, 2.05) is 0 Å². The molecule has 0 aliphatic carbocycles. The Hall–Kier alpha value is 1.02. The first-order valence-electron chi connectivity index (χ1n) is 6.37. The zero-order valence-electron chi connectivity index (χ0n) is 11.1. The molecule has 0 aromatic rings. The normalized spacial score (nSPS) is 17.2. The quantitative estimate of drug-likeness (QED) is 0.790. The molecule has 0 bridgehead atoms. The molecule has 1 aliphatic rings. The molecule has 1 aliphatic heterocycles. The molecule has 1 atom stereocenters. The molecule has 95 valence electrons. The van der Waals surface area contributed by atoms with Gasteiger partial charge in [-0.2, -0.15) is 6.42 Å². The maximum absolute atomic E-state index is 8.50. The number of hydrogen-bond donors (Lipinski definition) is 1. The maximum atomic E-state index is 8.50. The summed E-state index contributed by atoms with van der Waals surface area (Å²) in [6.07, 6.45) is 6.00. The third-order valence-electron chi connectivity index (χ3n) is 3.02. The molecule has 16 heavy (non-hydrogen) atoms. The first-order valence-corrected chi connectivity index (χ1v) is 6.37. The standard InChI is InChI=1S/C7H15NO.C6H13.Y/c9-7-3-6-8-4-1-2-5-8;1-4-6(3)5-2;/h9H,1-7H2;6H,1,4-5H2,2-3H3;/q;-1;. The van der Waals surface area contributed by atoms with Crippen LogP contribution < -0.4 is 0 Å². The number of aliphatic hydroxyl groups is 1. The molecule has 1 saturated heterocycles. The zero-order valence-corrected chi connectivity index (χ0v) is 14.0. The van der Waals surface area contributed by atoms with Crippen LogP contribution >= 0.6 is 0 Å². The molecule has 1 unspecified atom stereocenters. The average molecular weight is 303 g/mol. The van der Waals surface area contributed by atoms with E-state index >= 15 is 0 Å². The van der Waals surface area contributed by atoms with Gasteiger partial charge in [-0.3, -0.25) is 0 Å². The summed E-state index contributed by atoms with van der Waals surface area (Å²) in [4.78, 5) is 2.41. The minimum Gasteiger partial charge on any atom is -0.396 e. The fourth-order valence-corrected chi connectivity index (χ4v) is 1.50. The van der Waals surface area contributed by atoms with Gasteiger partial charge in [0.25, 0.3) is 0 Å². The van der Waals surface area contributed by atoms with E-state index in [-0.39, 0.29) is 32.7 Å². The molecule has 0 aromatic carbocycles. The summed E-state index contributed by atoms with van der Waals surface area (Å²) in [6.45, 7) is 12.1. The molecular formula is C13H28NOY-. The molecule has 1 radical (unpaired) electrons. The number of rotatable bonds is 5. The van der Waals surface area contributed by atoms with Crippen molar-refractivity contribution in [3.8, 4) is 0 Å². The van der Waals surface area contributed by atoms with Crippen LogP contribution in [-0.4, -0.2) is 36.2 Å². The van der Waals surface area contributed by atoms with Crippen molar-refractivity contribution in [2.75, 3.05) is 26.2 Å². The fourth-order valence-electron chi connectivity index (χ4n) is 1.50. The summed E-state index contributed by atoms with van der Waals surface area (Å²) >= 11 is 0. The fraction of sp³-hybridized carbons (Fsp3) is 0.923. The molecule has 0 amide bonds. The van der Waals surface area contributed by atoms with Crippen LogP contribution in [0.1, 0.15) is 46.0 Å². The van der Waals surface area contributed by atoms with Crippen molar-refractivity contribution in [2.24, 2.45) is 5.92 Å². The second-order valence-electron chi connectivity index (χ2n) is 4.43. The Morgan fingerprint density at radius 2 is 1.88 bits per heavy atom. The third kappa shape index (κ3) is 11.5. The van der Waals surface area contributed by atoms with E-state index in [4.69, 9.17) is 5.11 Å². The van der Waals surface area contributed by atoms with Crippen LogP contribution in [0.2, 0.25) is 0 Å². The minimum atomic E-state index is 0. The maximum Gasteiger partial charge on any atom is 0.0443 e. The van der Waals surface area contributed by atoms with Crippen molar-refractivity contribution in [2.45, 2.75) is 46.0 Å². The first-order chi connectivity index (χ1) is 7.24. The van der Waals surface area contributed by atoms with Gasteiger partial charge in [0.15, 0.2) is 0 Å². The molecule has 1 N–H and O–H groups in total. The Labute approximate surface area is 127 Å². The topological polar surface area (TPSA) is 23.5 Å². The smallest absolute Gasteiger partial charge is 0.0443 e. The molecule has 1 rings (SSSR count). The number of likely N-dealkylation sites (tertiary alicyclic amines) is 1. The van der Waals surface area contributed by atoms with Gasteiger partial charge < -0.3 is 16.9 Å². The SMILES string of the molecule is OCCCN1CCCC1.[CH2-]CC(C)CC.[Y]. The molecule has 1 fully saturated rings. The van der Waals surface area contributed by atoms with Gasteiger partial charge in [-0.1, -0.05) is 26.2 Å². The summed E-state index contributed by atoms with van der Waals surface area (Å²) in [6, 6.07) is 0. The number of aliphatic hydroxyl groups excluding tert-OH is 1. The van der Waals surface area contributed by atoms with Gasteiger partial charge >= 0.3 is 0 Å². The van der Waals surface area contributed by atoms with Gasteiger partial charge in [-0.15, -0.1) is 0 Å². The number of nitrogens with zero attached hydrogens (tertiary/aromatic N) is 1. The first kappa shape index (κ1) is 19.4. The van der Waals surface area contributed by atoms with Crippen molar-refractivity contribution in [1.82, 2.24) is 4.90 Å². The van der Waals surface area contributed by atoms with E-state index in [2.05, 4.69) is 25.7 Å². The van der Waals surface area contributed by atoms with Crippen LogP contribution in [0.4, 0.5) is 0 Å². The molecule has 0 spiro atoms. The second-order valence-corrected chi connectivity index (χ2v) is 4.43. The number of hydrogen-bond acceptors (Lipinski definition) is 2. The van der Waals surface area contributed by atoms with E-state index in [1.165, 1.54) is 32.4 Å². The predicted molar refractivity (Wildman–Crippen MR) is 66.8 cm³/mol. The molecular weight excluding hydrogens is 275 g/mol. The van der Waals surface area contributed by atoms with Crippen molar-refractivity contribution < 1.29 is 37.8 Å². The Kier molecular flexibility index (Phi) is 17.0. The Morgan fingerprint density at radius 3 is 2.19 bits per heavy atom. The molecule has 0 saturated carbocycles. The summed E-state index contributed by atoms with van der Waals surface area (Å²) in [5.74, 6) is 0.824. The van der Waals surface area contributed by atoms with Crippen LogP contribution in [-0.2, 0) is 32.7 Å². The molecule has 3 heteroatoms. The van der Waals surface area contributed by atoms with E-state index in [9.17, 15) is 0 Å². The summed E-state index contributed by atoms with van der Waals surface area (Å²) < 4.78 is 0. The van der Waals surface area contributed by atoms with Crippen LogP contribution in [0, 0.1) is 12.8 Å². The Morgan fingerprint density at radius 1 is 1.31 bits per heavy atom.